The SMILES string of the molecule is CNC(=O)/C(=N/OC)c1ccc(Oc2ccccc2)cc1. The Morgan fingerprint density at radius 3 is 2.19 bits per heavy atom. The highest BCUT2D eigenvalue weighted by molar-refractivity contribution is 6.45. The molecule has 0 unspecified atom stereocenters. The molecule has 1 amide bonds. The van der Waals surface area contributed by atoms with E-state index in [1.165, 1.54) is 7.11 Å². The fourth-order valence-electron chi connectivity index (χ4n) is 1.74. The standard InChI is InChI=1S/C16H16N2O3/c1-17-16(19)15(18-20-2)12-8-10-14(11-9-12)21-13-6-4-3-5-7-13/h3-11H,1-2H3,(H,17,19)/b18-15+. The van der Waals surface area contributed by atoms with Gasteiger partial charge in [0.15, 0.2) is 5.71 Å². The Hall–Kier alpha value is -2.82. The van der Waals surface area contributed by atoms with Gasteiger partial charge >= 0.3 is 0 Å². The number of hydrogen-bond acceptors (Lipinski definition) is 4. The summed E-state index contributed by atoms with van der Waals surface area (Å²) >= 11 is 0. The van der Waals surface area contributed by atoms with E-state index in [1.54, 1.807) is 31.3 Å². The topological polar surface area (TPSA) is 59.9 Å². The number of carbonyl (C=O) groups is 1. The number of ether oxygens (including phenoxy) is 1. The summed E-state index contributed by atoms with van der Waals surface area (Å²) in [5.41, 5.74) is 0.864. The van der Waals surface area contributed by atoms with E-state index in [-0.39, 0.29) is 11.6 Å². The van der Waals surface area contributed by atoms with E-state index >= 15 is 0 Å². The normalized spacial score (nSPS) is 10.9. The molecular formula is C16H16N2O3. The number of nitrogens with one attached hydrogen (secondary N) is 1. The first-order valence-corrected chi connectivity index (χ1v) is 6.41. The van der Waals surface area contributed by atoms with Gasteiger partial charge in [0.2, 0.25) is 0 Å². The molecule has 0 spiro atoms. The highest BCUT2D eigenvalue weighted by Gasteiger charge is 2.13. The molecule has 2 rings (SSSR count). The Morgan fingerprint density at radius 1 is 1.00 bits per heavy atom. The van der Waals surface area contributed by atoms with E-state index in [0.717, 1.165) is 5.75 Å². The van der Waals surface area contributed by atoms with Crippen LogP contribution in [-0.4, -0.2) is 25.8 Å². The summed E-state index contributed by atoms with van der Waals surface area (Å²) in [5, 5.41) is 6.26. The molecule has 2 aromatic carbocycles. The molecule has 5 nitrogen and oxygen atoms in total. The lowest BCUT2D eigenvalue weighted by Gasteiger charge is -2.07. The maximum Gasteiger partial charge on any atom is 0.273 e. The number of oxime groups is 1. The van der Waals surface area contributed by atoms with Gasteiger partial charge in [0.25, 0.3) is 5.91 Å². The maximum absolute atomic E-state index is 11.7. The molecule has 0 aliphatic rings. The summed E-state index contributed by atoms with van der Waals surface area (Å²) in [7, 11) is 2.94. The van der Waals surface area contributed by atoms with Gasteiger partial charge in [-0.3, -0.25) is 4.79 Å². The molecule has 0 atom stereocenters. The van der Waals surface area contributed by atoms with Crippen molar-refractivity contribution in [2.24, 2.45) is 5.16 Å². The van der Waals surface area contributed by atoms with Crippen molar-refractivity contribution in [2.45, 2.75) is 0 Å². The first kappa shape index (κ1) is 14.6. The lowest BCUT2D eigenvalue weighted by molar-refractivity contribution is -0.114. The van der Waals surface area contributed by atoms with Crippen molar-refractivity contribution in [2.75, 3.05) is 14.2 Å². The second-order valence-corrected chi connectivity index (χ2v) is 4.14. The molecule has 0 fully saturated rings. The average Bonchev–Trinajstić information content (AvgIpc) is 2.54. The lowest BCUT2D eigenvalue weighted by Crippen LogP contribution is -2.28. The Balaban J connectivity index is 2.18. The molecule has 0 bridgehead atoms. The molecule has 21 heavy (non-hydrogen) atoms. The van der Waals surface area contributed by atoms with Crippen LogP contribution in [0, 0.1) is 0 Å². The number of carbonyl (C=O) groups excluding carboxylic acids is 1. The van der Waals surface area contributed by atoms with Crippen LogP contribution in [0.5, 0.6) is 11.5 Å². The van der Waals surface area contributed by atoms with E-state index < -0.39 is 0 Å². The average molecular weight is 284 g/mol. The molecule has 0 radical (unpaired) electrons. The minimum atomic E-state index is -0.312. The lowest BCUT2D eigenvalue weighted by atomic mass is 10.1. The van der Waals surface area contributed by atoms with Gasteiger partial charge < -0.3 is 14.9 Å². The highest BCUT2D eigenvalue weighted by atomic mass is 16.6. The van der Waals surface area contributed by atoms with Crippen LogP contribution in [0.1, 0.15) is 5.56 Å². The van der Waals surface area contributed by atoms with Gasteiger partial charge in [-0.05, 0) is 36.4 Å². The number of likely N-dealkylation sites (N-methyl/N-ethyl adjacent to an activating group) is 1. The first-order valence-electron chi connectivity index (χ1n) is 6.41. The summed E-state index contributed by atoms with van der Waals surface area (Å²) in [6, 6.07) is 16.5. The highest BCUT2D eigenvalue weighted by Crippen LogP contribution is 2.21. The molecule has 2 aromatic rings. The van der Waals surface area contributed by atoms with Gasteiger partial charge in [0.1, 0.15) is 18.6 Å². The van der Waals surface area contributed by atoms with Crippen LogP contribution in [-0.2, 0) is 9.63 Å². The van der Waals surface area contributed by atoms with Crippen molar-refractivity contribution in [1.82, 2.24) is 5.32 Å². The summed E-state index contributed by atoms with van der Waals surface area (Å²) in [4.78, 5) is 16.4. The summed E-state index contributed by atoms with van der Waals surface area (Å²) in [6.07, 6.45) is 0. The molecule has 0 heterocycles. The second kappa shape index (κ2) is 7.09. The zero-order valence-electron chi connectivity index (χ0n) is 11.9. The number of benzene rings is 2. The van der Waals surface area contributed by atoms with Crippen LogP contribution < -0.4 is 10.1 Å². The molecule has 108 valence electrons. The van der Waals surface area contributed by atoms with Gasteiger partial charge in [-0.1, -0.05) is 23.4 Å². The Bertz CT molecular complexity index is 622. The van der Waals surface area contributed by atoms with Crippen LogP contribution in [0.4, 0.5) is 0 Å². The third kappa shape index (κ3) is 3.82. The van der Waals surface area contributed by atoms with Crippen LogP contribution >= 0.6 is 0 Å². The third-order valence-electron chi connectivity index (χ3n) is 2.73. The van der Waals surface area contributed by atoms with Crippen LogP contribution in [0.15, 0.2) is 59.8 Å². The quantitative estimate of drug-likeness (QED) is 0.678. The zero-order chi connectivity index (χ0) is 15.1. The van der Waals surface area contributed by atoms with E-state index in [1.807, 2.05) is 30.3 Å². The zero-order valence-corrected chi connectivity index (χ0v) is 11.9. The summed E-state index contributed by atoms with van der Waals surface area (Å²) < 4.78 is 5.69. The number of nitrogens with zero attached hydrogens (tertiary/aromatic N) is 1. The molecular weight excluding hydrogens is 268 g/mol. The number of para-hydroxylation sites is 1. The number of hydrogen-bond donors (Lipinski definition) is 1. The summed E-state index contributed by atoms with van der Waals surface area (Å²) in [6.45, 7) is 0. The molecule has 0 aromatic heterocycles. The van der Waals surface area contributed by atoms with E-state index in [4.69, 9.17) is 9.57 Å². The molecule has 0 saturated heterocycles. The van der Waals surface area contributed by atoms with E-state index in [2.05, 4.69) is 10.5 Å². The van der Waals surface area contributed by atoms with Gasteiger partial charge in [-0.2, -0.15) is 0 Å². The van der Waals surface area contributed by atoms with Crippen molar-refractivity contribution in [3.63, 3.8) is 0 Å². The fourth-order valence-corrected chi connectivity index (χ4v) is 1.74. The minimum Gasteiger partial charge on any atom is -0.457 e. The van der Waals surface area contributed by atoms with Crippen LogP contribution in [0.25, 0.3) is 0 Å². The smallest absolute Gasteiger partial charge is 0.273 e. The van der Waals surface area contributed by atoms with Crippen molar-refractivity contribution in [3.8, 4) is 11.5 Å². The van der Waals surface area contributed by atoms with Crippen molar-refractivity contribution >= 4 is 11.6 Å². The molecule has 0 saturated carbocycles. The monoisotopic (exact) mass is 284 g/mol. The molecule has 5 heteroatoms. The largest absolute Gasteiger partial charge is 0.457 e. The van der Waals surface area contributed by atoms with E-state index in [9.17, 15) is 4.79 Å². The maximum atomic E-state index is 11.7. The van der Waals surface area contributed by atoms with Gasteiger partial charge in [-0.25, -0.2) is 0 Å². The number of rotatable bonds is 5. The Morgan fingerprint density at radius 2 is 1.62 bits per heavy atom. The predicted octanol–water partition coefficient (Wildman–Crippen LogP) is 2.58. The Kier molecular flexibility index (Phi) is 4.93. The van der Waals surface area contributed by atoms with Crippen LogP contribution in [0.3, 0.4) is 0 Å². The summed E-state index contributed by atoms with van der Waals surface area (Å²) in [5.74, 6) is 1.12. The predicted molar refractivity (Wildman–Crippen MR) is 80.6 cm³/mol. The number of amides is 1. The minimum absolute atomic E-state index is 0.214. The van der Waals surface area contributed by atoms with Crippen LogP contribution in [0.2, 0.25) is 0 Å². The van der Waals surface area contributed by atoms with Gasteiger partial charge in [-0.15, -0.1) is 0 Å². The molecule has 0 aliphatic carbocycles. The fraction of sp³-hybridized carbons (Fsp3) is 0.125. The van der Waals surface area contributed by atoms with Gasteiger partial charge in [0.05, 0.1) is 0 Å². The molecule has 0 aliphatic heterocycles. The van der Waals surface area contributed by atoms with Crippen molar-refractivity contribution in [1.29, 1.82) is 0 Å². The Labute approximate surface area is 123 Å². The first-order chi connectivity index (χ1) is 10.2. The third-order valence-corrected chi connectivity index (χ3v) is 2.73. The van der Waals surface area contributed by atoms with Crippen molar-refractivity contribution < 1.29 is 14.4 Å². The van der Waals surface area contributed by atoms with Crippen molar-refractivity contribution in [3.05, 3.63) is 60.2 Å². The van der Waals surface area contributed by atoms with Gasteiger partial charge in [0, 0.05) is 12.6 Å². The second-order valence-electron chi connectivity index (χ2n) is 4.14. The molecule has 1 N–H and O–H groups in total. The van der Waals surface area contributed by atoms with E-state index in [0.29, 0.717) is 11.3 Å².